The number of nitrogens with zero attached hydrogens (tertiary/aromatic N) is 4. The third-order valence-corrected chi connectivity index (χ3v) is 6.16. The first-order valence-electron chi connectivity index (χ1n) is 11.6. The molecule has 0 radical (unpaired) electrons. The Bertz CT molecular complexity index is 1370. The number of piperidine rings is 1. The first-order valence-corrected chi connectivity index (χ1v) is 11.6. The van der Waals surface area contributed by atoms with E-state index >= 15 is 0 Å². The van der Waals surface area contributed by atoms with E-state index in [-0.39, 0.29) is 29.2 Å². The predicted octanol–water partition coefficient (Wildman–Crippen LogP) is 4.79. The van der Waals surface area contributed by atoms with Crippen molar-refractivity contribution in [3.05, 3.63) is 82.8 Å². The van der Waals surface area contributed by atoms with Gasteiger partial charge in [-0.1, -0.05) is 12.1 Å². The van der Waals surface area contributed by atoms with Gasteiger partial charge in [-0.25, -0.2) is 18.4 Å². The highest BCUT2D eigenvalue weighted by molar-refractivity contribution is 5.79. The fraction of sp³-hybridized carbons (Fsp3) is 0.269. The number of aromatic nitrogens is 4. The quantitative estimate of drug-likeness (QED) is 0.432. The molecule has 0 unspecified atom stereocenters. The fourth-order valence-corrected chi connectivity index (χ4v) is 4.54. The van der Waals surface area contributed by atoms with E-state index in [1.165, 1.54) is 36.4 Å². The van der Waals surface area contributed by atoms with Gasteiger partial charge in [-0.05, 0) is 80.9 Å². The van der Waals surface area contributed by atoms with Crippen molar-refractivity contribution in [1.29, 1.82) is 0 Å². The Morgan fingerprint density at radius 2 is 1.66 bits per heavy atom. The third-order valence-electron chi connectivity index (χ3n) is 6.16. The number of hydrogen-bond acceptors (Lipinski definition) is 5. The minimum absolute atomic E-state index is 0.0766. The minimum atomic E-state index is -0.374. The largest absolute Gasteiger partial charge is 0.424 e. The zero-order valence-corrected chi connectivity index (χ0v) is 19.2. The van der Waals surface area contributed by atoms with Gasteiger partial charge in [0, 0.05) is 12.7 Å². The molecule has 1 fully saturated rings. The van der Waals surface area contributed by atoms with Gasteiger partial charge in [-0.15, -0.1) is 0 Å². The second kappa shape index (κ2) is 9.79. The van der Waals surface area contributed by atoms with Crippen molar-refractivity contribution < 1.29 is 13.5 Å². The van der Waals surface area contributed by atoms with Gasteiger partial charge in [0.2, 0.25) is 0 Å². The maximum absolute atomic E-state index is 13.7. The van der Waals surface area contributed by atoms with Crippen molar-refractivity contribution in [2.75, 3.05) is 13.1 Å². The van der Waals surface area contributed by atoms with Crippen LogP contribution in [0.5, 0.6) is 11.8 Å². The van der Waals surface area contributed by atoms with Crippen LogP contribution in [-0.2, 0) is 6.54 Å². The molecule has 9 heteroatoms. The lowest BCUT2D eigenvalue weighted by molar-refractivity contribution is 0.302. The first kappa shape index (κ1) is 22.9. The van der Waals surface area contributed by atoms with Crippen molar-refractivity contribution >= 4 is 0 Å². The Kier molecular flexibility index (Phi) is 6.41. The molecule has 5 rings (SSSR count). The smallest absolute Gasteiger partial charge is 0.322 e. The molecule has 180 valence electrons. The van der Waals surface area contributed by atoms with Crippen molar-refractivity contribution in [3.8, 4) is 34.3 Å². The summed E-state index contributed by atoms with van der Waals surface area (Å²) in [6.07, 6.45) is 3.28. The highest BCUT2D eigenvalue weighted by Crippen LogP contribution is 2.34. The SMILES string of the molecule is CCn1c(=O)c(-c2ccc(F)cc2)c(-c2ccnc(Oc3ccc(F)cc3)n2)n1C1CCNCC1. The summed E-state index contributed by atoms with van der Waals surface area (Å²) >= 11 is 0. The standard InChI is InChI=1S/C26H25F2N5O2/c1-2-32-25(34)23(17-3-5-18(27)6-4-17)24(33(32)20-11-14-29-15-12-20)22-13-16-30-26(31-22)35-21-9-7-19(28)8-10-21/h3-10,13,16,20,29H,2,11-12,14-15H2,1H3. The van der Waals surface area contributed by atoms with E-state index in [1.807, 2.05) is 11.6 Å². The van der Waals surface area contributed by atoms with Crippen molar-refractivity contribution in [3.63, 3.8) is 0 Å². The Labute approximate surface area is 201 Å². The van der Waals surface area contributed by atoms with Gasteiger partial charge in [-0.3, -0.25) is 9.48 Å². The molecule has 7 nitrogen and oxygen atoms in total. The van der Waals surface area contributed by atoms with Crippen LogP contribution in [0.2, 0.25) is 0 Å². The maximum Gasteiger partial charge on any atom is 0.322 e. The lowest BCUT2D eigenvalue weighted by Gasteiger charge is -2.28. The van der Waals surface area contributed by atoms with Gasteiger partial charge in [0.15, 0.2) is 0 Å². The van der Waals surface area contributed by atoms with Crippen LogP contribution >= 0.6 is 0 Å². The molecule has 0 amide bonds. The Morgan fingerprint density at radius 1 is 1.00 bits per heavy atom. The van der Waals surface area contributed by atoms with Crippen molar-refractivity contribution in [2.24, 2.45) is 0 Å². The fourth-order valence-electron chi connectivity index (χ4n) is 4.54. The van der Waals surface area contributed by atoms with Gasteiger partial charge < -0.3 is 10.1 Å². The normalized spacial score (nSPS) is 14.3. The van der Waals surface area contributed by atoms with Crippen LogP contribution in [0.15, 0.2) is 65.6 Å². The predicted molar refractivity (Wildman–Crippen MR) is 128 cm³/mol. The monoisotopic (exact) mass is 477 g/mol. The number of halogens is 2. The summed E-state index contributed by atoms with van der Waals surface area (Å²) in [7, 11) is 0. The molecule has 3 heterocycles. The molecule has 0 bridgehead atoms. The van der Waals surface area contributed by atoms with Crippen LogP contribution in [-0.4, -0.2) is 32.4 Å². The van der Waals surface area contributed by atoms with Gasteiger partial charge in [0.05, 0.1) is 23.0 Å². The van der Waals surface area contributed by atoms with Crippen LogP contribution in [0.4, 0.5) is 8.78 Å². The number of nitrogens with one attached hydrogen (secondary N) is 1. The highest BCUT2D eigenvalue weighted by Gasteiger charge is 2.28. The Balaban J connectivity index is 1.68. The van der Waals surface area contributed by atoms with E-state index in [0.717, 1.165) is 25.9 Å². The summed E-state index contributed by atoms with van der Waals surface area (Å²) in [5.41, 5.74) is 2.06. The minimum Gasteiger partial charge on any atom is -0.424 e. The van der Waals surface area contributed by atoms with Gasteiger partial charge in [0.25, 0.3) is 5.56 Å². The van der Waals surface area contributed by atoms with E-state index in [0.29, 0.717) is 34.8 Å². The summed E-state index contributed by atoms with van der Waals surface area (Å²) in [5.74, 6) is -0.354. The molecule has 0 aliphatic carbocycles. The second-order valence-electron chi connectivity index (χ2n) is 8.36. The number of hydrogen-bond donors (Lipinski definition) is 1. The summed E-state index contributed by atoms with van der Waals surface area (Å²) in [6, 6.07) is 13.4. The molecule has 2 aromatic heterocycles. The van der Waals surface area contributed by atoms with Crippen LogP contribution in [0, 0.1) is 11.6 Å². The molecular weight excluding hydrogens is 452 g/mol. The van der Waals surface area contributed by atoms with Crippen LogP contribution in [0.1, 0.15) is 25.8 Å². The second-order valence-corrected chi connectivity index (χ2v) is 8.36. The molecule has 1 N–H and O–H groups in total. The molecule has 0 atom stereocenters. The van der Waals surface area contributed by atoms with Crippen molar-refractivity contribution in [1.82, 2.24) is 24.6 Å². The molecule has 35 heavy (non-hydrogen) atoms. The molecule has 0 saturated carbocycles. The topological polar surface area (TPSA) is 74.0 Å². The van der Waals surface area contributed by atoms with E-state index < -0.39 is 0 Å². The number of benzene rings is 2. The molecule has 1 saturated heterocycles. The van der Waals surface area contributed by atoms with E-state index in [1.54, 1.807) is 29.1 Å². The molecular formula is C26H25F2N5O2. The lowest BCUT2D eigenvalue weighted by Crippen LogP contribution is -2.34. The summed E-state index contributed by atoms with van der Waals surface area (Å²) in [5, 5.41) is 3.37. The molecule has 4 aromatic rings. The average molecular weight is 478 g/mol. The average Bonchev–Trinajstić information content (AvgIpc) is 3.18. The molecule has 0 spiro atoms. The van der Waals surface area contributed by atoms with Gasteiger partial charge in [0.1, 0.15) is 17.4 Å². The summed E-state index contributed by atoms with van der Waals surface area (Å²) in [6.45, 7) is 4.09. The van der Waals surface area contributed by atoms with Crippen LogP contribution in [0.3, 0.4) is 0 Å². The van der Waals surface area contributed by atoms with Crippen molar-refractivity contribution in [2.45, 2.75) is 32.4 Å². The van der Waals surface area contributed by atoms with Crippen LogP contribution < -0.4 is 15.6 Å². The number of rotatable bonds is 6. The highest BCUT2D eigenvalue weighted by atomic mass is 19.1. The van der Waals surface area contributed by atoms with E-state index in [2.05, 4.69) is 15.3 Å². The molecule has 1 aliphatic heterocycles. The zero-order valence-electron chi connectivity index (χ0n) is 19.2. The summed E-state index contributed by atoms with van der Waals surface area (Å²) in [4.78, 5) is 22.5. The molecule has 1 aliphatic rings. The molecule has 2 aromatic carbocycles. The Morgan fingerprint density at radius 3 is 2.31 bits per heavy atom. The lowest BCUT2D eigenvalue weighted by atomic mass is 10.0. The maximum atomic E-state index is 13.7. The van der Waals surface area contributed by atoms with E-state index in [4.69, 9.17) is 4.74 Å². The first-order chi connectivity index (χ1) is 17.0. The Hall–Kier alpha value is -3.85. The van der Waals surface area contributed by atoms with Gasteiger partial charge >= 0.3 is 6.01 Å². The number of ether oxygens (including phenoxy) is 1. The zero-order chi connectivity index (χ0) is 24.4. The third kappa shape index (κ3) is 4.59. The van der Waals surface area contributed by atoms with Crippen LogP contribution in [0.25, 0.3) is 22.5 Å². The van der Waals surface area contributed by atoms with E-state index in [9.17, 15) is 13.6 Å². The summed E-state index contributed by atoms with van der Waals surface area (Å²) < 4.78 is 36.5. The van der Waals surface area contributed by atoms with Gasteiger partial charge in [-0.2, -0.15) is 4.98 Å².